The molecule has 1 heterocycles. The van der Waals surface area contributed by atoms with E-state index in [0.29, 0.717) is 28.6 Å². The number of nitrogens with zero attached hydrogens (tertiary/aromatic N) is 1. The van der Waals surface area contributed by atoms with Crippen molar-refractivity contribution in [3.05, 3.63) is 78.6 Å². The summed E-state index contributed by atoms with van der Waals surface area (Å²) in [4.78, 5) is 15.5. The summed E-state index contributed by atoms with van der Waals surface area (Å²) in [6, 6.07) is 17.6. The summed E-state index contributed by atoms with van der Waals surface area (Å²) < 4.78 is 11.4. The fourth-order valence-corrected chi connectivity index (χ4v) is 2.00. The van der Waals surface area contributed by atoms with Gasteiger partial charge in [-0.2, -0.15) is 0 Å². The number of amides is 1. The fraction of sp³-hybridized carbons (Fsp3) is 0. The zero-order valence-electron chi connectivity index (χ0n) is 12.2. The van der Waals surface area contributed by atoms with E-state index in [0.717, 1.165) is 0 Å². The van der Waals surface area contributed by atoms with Gasteiger partial charge in [-0.1, -0.05) is 18.2 Å². The van der Waals surface area contributed by atoms with E-state index in [9.17, 15) is 4.79 Å². The second-order valence-corrected chi connectivity index (χ2v) is 4.76. The first-order valence-electron chi connectivity index (χ1n) is 6.96. The van der Waals surface area contributed by atoms with E-state index >= 15 is 0 Å². The standard InChI is InChI=1S/C18H14N2O3/c19-18(21)13-9-16(22-14-5-2-1-3-6-14)11-17(10-13)23-15-7-4-8-20-12-15/h1-12H,(H2,19,21). The highest BCUT2D eigenvalue weighted by Gasteiger charge is 2.09. The Morgan fingerprint density at radius 3 is 2.09 bits per heavy atom. The highest BCUT2D eigenvalue weighted by Crippen LogP contribution is 2.29. The number of primary amides is 1. The molecule has 0 aliphatic carbocycles. The van der Waals surface area contributed by atoms with E-state index in [1.54, 1.807) is 42.7 Å². The average molecular weight is 306 g/mol. The fourth-order valence-electron chi connectivity index (χ4n) is 2.00. The van der Waals surface area contributed by atoms with Crippen molar-refractivity contribution in [1.82, 2.24) is 4.98 Å². The predicted molar refractivity (Wildman–Crippen MR) is 85.8 cm³/mol. The van der Waals surface area contributed by atoms with Gasteiger partial charge in [0.2, 0.25) is 5.91 Å². The first-order chi connectivity index (χ1) is 11.2. The van der Waals surface area contributed by atoms with Crippen LogP contribution in [0.25, 0.3) is 0 Å². The van der Waals surface area contributed by atoms with Gasteiger partial charge in [0, 0.05) is 17.8 Å². The topological polar surface area (TPSA) is 74.4 Å². The van der Waals surface area contributed by atoms with Gasteiger partial charge < -0.3 is 15.2 Å². The summed E-state index contributed by atoms with van der Waals surface area (Å²) in [5, 5.41) is 0. The van der Waals surface area contributed by atoms with E-state index in [1.807, 2.05) is 30.3 Å². The Labute approximate surface area is 133 Å². The quantitative estimate of drug-likeness (QED) is 0.778. The Kier molecular flexibility index (Phi) is 4.20. The first kappa shape index (κ1) is 14.6. The van der Waals surface area contributed by atoms with Crippen LogP contribution in [-0.2, 0) is 0 Å². The Bertz CT molecular complexity index is 745. The molecular weight excluding hydrogens is 292 g/mol. The van der Waals surface area contributed by atoms with Crippen molar-refractivity contribution in [1.29, 1.82) is 0 Å². The van der Waals surface area contributed by atoms with Crippen LogP contribution in [0.15, 0.2) is 73.1 Å². The second-order valence-electron chi connectivity index (χ2n) is 4.76. The SMILES string of the molecule is NC(=O)c1cc(Oc2ccccc2)cc(Oc2cccnc2)c1. The molecule has 2 N–H and O–H groups in total. The molecule has 23 heavy (non-hydrogen) atoms. The molecule has 114 valence electrons. The molecular formula is C18H14N2O3. The molecule has 0 saturated carbocycles. The number of ether oxygens (including phenoxy) is 2. The number of pyridine rings is 1. The lowest BCUT2D eigenvalue weighted by Gasteiger charge is -2.10. The van der Waals surface area contributed by atoms with E-state index in [4.69, 9.17) is 15.2 Å². The zero-order valence-corrected chi connectivity index (χ0v) is 12.2. The van der Waals surface area contributed by atoms with Crippen LogP contribution in [0.4, 0.5) is 0 Å². The minimum Gasteiger partial charge on any atom is -0.457 e. The van der Waals surface area contributed by atoms with Crippen molar-refractivity contribution < 1.29 is 14.3 Å². The van der Waals surface area contributed by atoms with Gasteiger partial charge in [-0.05, 0) is 36.4 Å². The van der Waals surface area contributed by atoms with Crippen LogP contribution in [0.3, 0.4) is 0 Å². The molecule has 3 aromatic rings. The van der Waals surface area contributed by atoms with Crippen molar-refractivity contribution in [2.45, 2.75) is 0 Å². The van der Waals surface area contributed by atoms with E-state index in [-0.39, 0.29) is 0 Å². The third-order valence-corrected chi connectivity index (χ3v) is 3.01. The van der Waals surface area contributed by atoms with Crippen LogP contribution in [0.2, 0.25) is 0 Å². The lowest BCUT2D eigenvalue weighted by Crippen LogP contribution is -2.11. The smallest absolute Gasteiger partial charge is 0.248 e. The number of rotatable bonds is 5. The molecule has 1 amide bonds. The number of para-hydroxylation sites is 1. The van der Waals surface area contributed by atoms with Crippen LogP contribution < -0.4 is 15.2 Å². The number of carbonyl (C=O) groups excluding carboxylic acids is 1. The predicted octanol–water partition coefficient (Wildman–Crippen LogP) is 3.77. The molecule has 0 saturated heterocycles. The summed E-state index contributed by atoms with van der Waals surface area (Å²) in [6.07, 6.45) is 3.23. The van der Waals surface area contributed by atoms with Gasteiger partial charge in [0.25, 0.3) is 0 Å². The maximum Gasteiger partial charge on any atom is 0.248 e. The van der Waals surface area contributed by atoms with Crippen LogP contribution in [0.1, 0.15) is 10.4 Å². The number of hydrogen-bond donors (Lipinski definition) is 1. The largest absolute Gasteiger partial charge is 0.457 e. The van der Waals surface area contributed by atoms with Gasteiger partial charge in [0.15, 0.2) is 0 Å². The third kappa shape index (κ3) is 3.85. The number of aromatic nitrogens is 1. The number of carbonyl (C=O) groups is 1. The molecule has 0 bridgehead atoms. The minimum atomic E-state index is -0.556. The minimum absolute atomic E-state index is 0.303. The van der Waals surface area contributed by atoms with Crippen molar-refractivity contribution in [3.63, 3.8) is 0 Å². The summed E-state index contributed by atoms with van der Waals surface area (Å²) in [7, 11) is 0. The molecule has 3 rings (SSSR count). The zero-order chi connectivity index (χ0) is 16.1. The second kappa shape index (κ2) is 6.62. The van der Waals surface area contributed by atoms with Gasteiger partial charge in [-0.3, -0.25) is 9.78 Å². The molecule has 0 aliphatic rings. The molecule has 1 aromatic heterocycles. The van der Waals surface area contributed by atoms with Crippen molar-refractivity contribution in [2.75, 3.05) is 0 Å². The molecule has 5 heteroatoms. The monoisotopic (exact) mass is 306 g/mol. The molecule has 0 aliphatic heterocycles. The summed E-state index contributed by atoms with van der Waals surface area (Å²) in [5.41, 5.74) is 5.68. The highest BCUT2D eigenvalue weighted by atomic mass is 16.5. The number of nitrogens with two attached hydrogens (primary N) is 1. The van der Waals surface area contributed by atoms with E-state index in [2.05, 4.69) is 4.98 Å². The molecule has 0 spiro atoms. The number of benzene rings is 2. The molecule has 0 atom stereocenters. The van der Waals surface area contributed by atoms with Gasteiger partial charge in [-0.25, -0.2) is 0 Å². The molecule has 0 radical (unpaired) electrons. The third-order valence-electron chi connectivity index (χ3n) is 3.01. The van der Waals surface area contributed by atoms with Crippen molar-refractivity contribution >= 4 is 5.91 Å². The maximum atomic E-state index is 11.5. The molecule has 0 unspecified atom stereocenters. The van der Waals surface area contributed by atoms with Gasteiger partial charge in [0.1, 0.15) is 23.0 Å². The lowest BCUT2D eigenvalue weighted by molar-refractivity contribution is 0.0999. The average Bonchev–Trinajstić information content (AvgIpc) is 2.56. The summed E-state index contributed by atoms with van der Waals surface area (Å²) in [6.45, 7) is 0. The van der Waals surface area contributed by atoms with Gasteiger partial charge in [0.05, 0.1) is 6.20 Å². The Morgan fingerprint density at radius 2 is 1.48 bits per heavy atom. The van der Waals surface area contributed by atoms with Gasteiger partial charge >= 0.3 is 0 Å². The highest BCUT2D eigenvalue weighted by molar-refractivity contribution is 5.93. The molecule has 2 aromatic carbocycles. The lowest BCUT2D eigenvalue weighted by atomic mass is 10.2. The van der Waals surface area contributed by atoms with Crippen molar-refractivity contribution in [2.24, 2.45) is 5.73 Å². The Morgan fingerprint density at radius 1 is 0.826 bits per heavy atom. The van der Waals surface area contributed by atoms with Crippen LogP contribution in [-0.4, -0.2) is 10.9 Å². The normalized spacial score (nSPS) is 10.1. The molecule has 0 fully saturated rings. The van der Waals surface area contributed by atoms with Crippen LogP contribution in [0.5, 0.6) is 23.0 Å². The number of hydrogen-bond acceptors (Lipinski definition) is 4. The van der Waals surface area contributed by atoms with E-state index < -0.39 is 5.91 Å². The Balaban J connectivity index is 1.91. The van der Waals surface area contributed by atoms with Gasteiger partial charge in [-0.15, -0.1) is 0 Å². The summed E-state index contributed by atoms with van der Waals surface area (Å²) >= 11 is 0. The Hall–Kier alpha value is -3.34. The molecule has 5 nitrogen and oxygen atoms in total. The first-order valence-corrected chi connectivity index (χ1v) is 6.96. The van der Waals surface area contributed by atoms with Crippen LogP contribution >= 0.6 is 0 Å². The van der Waals surface area contributed by atoms with Crippen LogP contribution in [0, 0.1) is 0 Å². The summed E-state index contributed by atoms with van der Waals surface area (Å²) in [5.74, 6) is 1.56. The van der Waals surface area contributed by atoms with E-state index in [1.165, 1.54) is 0 Å². The van der Waals surface area contributed by atoms with Crippen molar-refractivity contribution in [3.8, 4) is 23.0 Å². The maximum absolute atomic E-state index is 11.5.